The molecule has 3 aromatic heterocycles. The zero-order valence-electron chi connectivity index (χ0n) is 16.1. The van der Waals surface area contributed by atoms with Crippen LogP contribution in [0.15, 0.2) is 6.33 Å². The lowest BCUT2D eigenvalue weighted by Gasteiger charge is -2.32. The molecule has 0 aromatic carbocycles. The van der Waals surface area contributed by atoms with Crippen LogP contribution in [-0.4, -0.2) is 27.1 Å². The van der Waals surface area contributed by atoms with Gasteiger partial charge in [-0.25, -0.2) is 15.0 Å². The topological polar surface area (TPSA) is 59.9 Å². The number of thiophene rings is 1. The van der Waals surface area contributed by atoms with Crippen molar-refractivity contribution in [1.82, 2.24) is 15.0 Å². The third-order valence-corrected chi connectivity index (χ3v) is 6.13. The van der Waals surface area contributed by atoms with Gasteiger partial charge in [0, 0.05) is 29.6 Å². The average Bonchev–Trinajstić information content (AvgIpc) is 2.92. The second kappa shape index (κ2) is 6.43. The van der Waals surface area contributed by atoms with Crippen LogP contribution in [-0.2, 0) is 17.8 Å². The Labute approximate surface area is 158 Å². The number of nitrogens with zero attached hydrogens (tertiary/aromatic N) is 3. The lowest BCUT2D eigenvalue weighted by molar-refractivity contribution is -0.0400. The molecule has 0 bridgehead atoms. The van der Waals surface area contributed by atoms with Gasteiger partial charge < -0.3 is 10.1 Å². The highest BCUT2D eigenvalue weighted by atomic mass is 32.1. The first-order valence-corrected chi connectivity index (χ1v) is 10.1. The average molecular weight is 371 g/mol. The number of nitrogens with one attached hydrogen (secondary N) is 1. The van der Waals surface area contributed by atoms with Crippen LogP contribution in [0.25, 0.3) is 20.4 Å². The highest BCUT2D eigenvalue weighted by Gasteiger charge is 2.30. The van der Waals surface area contributed by atoms with Crippen molar-refractivity contribution in [2.75, 3.05) is 11.9 Å². The summed E-state index contributed by atoms with van der Waals surface area (Å²) in [5, 5.41) is 4.69. The number of hydrogen-bond acceptors (Lipinski definition) is 6. The highest BCUT2D eigenvalue weighted by molar-refractivity contribution is 7.26. The molecule has 26 heavy (non-hydrogen) atoms. The monoisotopic (exact) mass is 370 g/mol. The van der Waals surface area contributed by atoms with E-state index in [1.165, 1.54) is 16.5 Å². The van der Waals surface area contributed by atoms with Gasteiger partial charge in [0.2, 0.25) is 0 Å². The molecule has 138 valence electrons. The molecule has 0 fully saturated rings. The normalized spacial score (nSPS) is 16.4. The van der Waals surface area contributed by atoms with E-state index < -0.39 is 0 Å². The first kappa shape index (κ1) is 17.6. The third kappa shape index (κ3) is 3.05. The van der Waals surface area contributed by atoms with Gasteiger partial charge in [0.05, 0.1) is 22.4 Å². The molecular formula is C20H26N4OS. The fourth-order valence-corrected chi connectivity index (χ4v) is 4.74. The molecule has 0 unspecified atom stereocenters. The maximum atomic E-state index is 6.03. The molecule has 1 aliphatic rings. The summed E-state index contributed by atoms with van der Waals surface area (Å²) in [6.45, 7) is 12.4. The first-order chi connectivity index (χ1) is 12.4. The summed E-state index contributed by atoms with van der Waals surface area (Å²) in [4.78, 5) is 15.1. The Morgan fingerprint density at radius 3 is 2.85 bits per heavy atom. The summed E-state index contributed by atoms with van der Waals surface area (Å²) in [6.07, 6.45) is 3.67. The lowest BCUT2D eigenvalue weighted by Crippen LogP contribution is -2.32. The van der Waals surface area contributed by atoms with Crippen LogP contribution in [0.4, 0.5) is 5.82 Å². The Kier molecular flexibility index (Phi) is 4.35. The number of aryl methyl sites for hydroxylation is 1. The largest absolute Gasteiger partial charge is 0.370 e. The standard InChI is InChI=1S/C20H26N4OS/c1-11(2)6-7-21-18-17-16(22-10-23-18)15-13-8-20(4,5)25-9-14(13)12(3)24-19(15)26-17/h10-11H,6-9H2,1-5H3,(H,21,22,23). The fourth-order valence-electron chi connectivity index (χ4n) is 3.57. The van der Waals surface area contributed by atoms with Crippen LogP contribution in [0.2, 0.25) is 0 Å². The van der Waals surface area contributed by atoms with Crippen LogP contribution < -0.4 is 5.32 Å². The van der Waals surface area contributed by atoms with Gasteiger partial charge in [-0.1, -0.05) is 13.8 Å². The van der Waals surface area contributed by atoms with E-state index in [1.54, 1.807) is 17.7 Å². The van der Waals surface area contributed by atoms with E-state index in [4.69, 9.17) is 9.72 Å². The van der Waals surface area contributed by atoms with Crippen molar-refractivity contribution in [3.8, 4) is 0 Å². The SMILES string of the molecule is Cc1nc2sc3c(NCCC(C)C)ncnc3c2c2c1COC(C)(C)C2. The second-order valence-electron chi connectivity index (χ2n) is 8.17. The zero-order chi connectivity index (χ0) is 18.5. The van der Waals surface area contributed by atoms with Crippen molar-refractivity contribution in [1.29, 1.82) is 0 Å². The van der Waals surface area contributed by atoms with Crippen LogP contribution in [0.1, 0.15) is 50.9 Å². The number of hydrogen-bond donors (Lipinski definition) is 1. The van der Waals surface area contributed by atoms with Gasteiger partial charge in [0.1, 0.15) is 17.0 Å². The molecule has 1 aliphatic heterocycles. The molecule has 0 spiro atoms. The summed E-state index contributed by atoms with van der Waals surface area (Å²) in [7, 11) is 0. The summed E-state index contributed by atoms with van der Waals surface area (Å²) in [6, 6.07) is 0. The summed E-state index contributed by atoms with van der Waals surface area (Å²) < 4.78 is 7.13. The Hall–Kier alpha value is -1.79. The summed E-state index contributed by atoms with van der Waals surface area (Å²) >= 11 is 1.69. The molecule has 1 N–H and O–H groups in total. The van der Waals surface area contributed by atoms with Gasteiger partial charge in [-0.05, 0) is 38.7 Å². The van der Waals surface area contributed by atoms with Crippen molar-refractivity contribution in [3.63, 3.8) is 0 Å². The molecular weight excluding hydrogens is 344 g/mol. The van der Waals surface area contributed by atoms with Gasteiger partial charge >= 0.3 is 0 Å². The van der Waals surface area contributed by atoms with Crippen molar-refractivity contribution in [3.05, 3.63) is 23.1 Å². The third-order valence-electron chi connectivity index (χ3n) is 5.05. The van der Waals surface area contributed by atoms with E-state index in [2.05, 4.69) is 49.9 Å². The summed E-state index contributed by atoms with van der Waals surface area (Å²) in [5.41, 5.74) is 4.50. The van der Waals surface area contributed by atoms with Crippen molar-refractivity contribution in [2.45, 2.75) is 59.7 Å². The van der Waals surface area contributed by atoms with E-state index >= 15 is 0 Å². The maximum absolute atomic E-state index is 6.03. The van der Waals surface area contributed by atoms with Gasteiger partial charge in [-0.3, -0.25) is 0 Å². The zero-order valence-corrected chi connectivity index (χ0v) is 17.0. The number of pyridine rings is 1. The molecule has 0 aliphatic carbocycles. The molecule has 0 saturated carbocycles. The Balaban J connectivity index is 1.87. The minimum absolute atomic E-state index is 0.159. The molecule has 0 atom stereocenters. The van der Waals surface area contributed by atoms with E-state index in [0.29, 0.717) is 12.5 Å². The second-order valence-corrected chi connectivity index (χ2v) is 9.17. The van der Waals surface area contributed by atoms with Crippen LogP contribution in [0.3, 0.4) is 0 Å². The van der Waals surface area contributed by atoms with Gasteiger partial charge in [0.25, 0.3) is 0 Å². The molecule has 0 saturated heterocycles. The van der Waals surface area contributed by atoms with Gasteiger partial charge in [0.15, 0.2) is 0 Å². The number of ether oxygens (including phenoxy) is 1. The Morgan fingerprint density at radius 2 is 2.08 bits per heavy atom. The molecule has 5 nitrogen and oxygen atoms in total. The van der Waals surface area contributed by atoms with E-state index in [9.17, 15) is 0 Å². The Bertz CT molecular complexity index is 977. The predicted molar refractivity (Wildman–Crippen MR) is 108 cm³/mol. The molecule has 3 aromatic rings. The number of aromatic nitrogens is 3. The lowest BCUT2D eigenvalue weighted by atomic mass is 9.89. The molecule has 0 radical (unpaired) electrons. The molecule has 6 heteroatoms. The van der Waals surface area contributed by atoms with Crippen molar-refractivity contribution < 1.29 is 4.74 Å². The number of rotatable bonds is 4. The van der Waals surface area contributed by atoms with E-state index in [1.807, 2.05) is 0 Å². The van der Waals surface area contributed by atoms with Crippen molar-refractivity contribution in [2.24, 2.45) is 5.92 Å². The van der Waals surface area contributed by atoms with Crippen molar-refractivity contribution >= 4 is 37.6 Å². The van der Waals surface area contributed by atoms with Crippen LogP contribution in [0, 0.1) is 12.8 Å². The first-order valence-electron chi connectivity index (χ1n) is 9.29. The number of anilines is 1. The van der Waals surface area contributed by atoms with E-state index in [-0.39, 0.29) is 5.60 Å². The fraction of sp³-hybridized carbons (Fsp3) is 0.550. The van der Waals surface area contributed by atoms with Crippen LogP contribution >= 0.6 is 11.3 Å². The molecule has 4 heterocycles. The van der Waals surface area contributed by atoms with Gasteiger partial charge in [-0.2, -0.15) is 0 Å². The van der Waals surface area contributed by atoms with Gasteiger partial charge in [-0.15, -0.1) is 11.3 Å². The predicted octanol–water partition coefficient (Wildman–Crippen LogP) is 4.86. The molecule has 0 amide bonds. The van der Waals surface area contributed by atoms with E-state index in [0.717, 1.165) is 45.9 Å². The smallest absolute Gasteiger partial charge is 0.147 e. The minimum atomic E-state index is -0.159. The Morgan fingerprint density at radius 1 is 1.27 bits per heavy atom. The maximum Gasteiger partial charge on any atom is 0.147 e. The minimum Gasteiger partial charge on any atom is -0.370 e. The molecule has 4 rings (SSSR count). The summed E-state index contributed by atoms with van der Waals surface area (Å²) in [5.74, 6) is 1.59. The van der Waals surface area contributed by atoms with Crippen LogP contribution in [0.5, 0.6) is 0 Å². The quantitative estimate of drug-likeness (QED) is 0.711. The number of fused-ring (bicyclic) bond motifs is 5. The highest BCUT2D eigenvalue weighted by Crippen LogP contribution is 2.41.